The quantitative estimate of drug-likeness (QED) is 0.829. The molecule has 0 aliphatic carbocycles. The van der Waals surface area contributed by atoms with Crippen LogP contribution in [-0.4, -0.2) is 44.2 Å². The summed E-state index contributed by atoms with van der Waals surface area (Å²) < 4.78 is 0. The van der Waals surface area contributed by atoms with Crippen molar-refractivity contribution in [3.63, 3.8) is 0 Å². The molecule has 1 heterocycles. The first kappa shape index (κ1) is 12.2. The maximum Gasteiger partial charge on any atom is 0.324 e. The lowest BCUT2D eigenvalue weighted by Crippen LogP contribution is -2.50. The van der Waals surface area contributed by atoms with E-state index < -0.39 is 0 Å². The zero-order valence-electron chi connectivity index (χ0n) is 9.82. The molecule has 92 valence electrons. The average molecular weight is 254 g/mol. The Bertz CT molecular complexity index is 387. The molecule has 0 radical (unpaired) electrons. The Labute approximate surface area is 106 Å². The molecule has 1 aliphatic heterocycles. The molecule has 2 amide bonds. The van der Waals surface area contributed by atoms with Gasteiger partial charge in [0.25, 0.3) is 0 Å². The molecule has 1 N–H and O–H groups in total. The van der Waals surface area contributed by atoms with Gasteiger partial charge in [0.1, 0.15) is 0 Å². The van der Waals surface area contributed by atoms with Gasteiger partial charge in [-0.3, -0.25) is 4.90 Å². The molecule has 0 bridgehead atoms. The number of anilines is 1. The number of benzene rings is 1. The number of hydrogen-bond acceptors (Lipinski definition) is 2. The fourth-order valence-electron chi connectivity index (χ4n) is 1.84. The van der Waals surface area contributed by atoms with Gasteiger partial charge in [-0.2, -0.15) is 0 Å². The highest BCUT2D eigenvalue weighted by Gasteiger charge is 2.20. The van der Waals surface area contributed by atoms with Crippen LogP contribution in [0.15, 0.2) is 24.3 Å². The van der Waals surface area contributed by atoms with E-state index in [1.165, 1.54) is 0 Å². The van der Waals surface area contributed by atoms with Crippen molar-refractivity contribution in [3.8, 4) is 0 Å². The van der Waals surface area contributed by atoms with Crippen molar-refractivity contribution in [1.29, 1.82) is 0 Å². The van der Waals surface area contributed by atoms with Gasteiger partial charge in [0.2, 0.25) is 0 Å². The van der Waals surface area contributed by atoms with Crippen LogP contribution in [0.1, 0.15) is 0 Å². The van der Waals surface area contributed by atoms with Crippen molar-refractivity contribution in [3.05, 3.63) is 29.3 Å². The summed E-state index contributed by atoms with van der Waals surface area (Å²) in [6.45, 7) is 3.24. The van der Waals surface area contributed by atoms with Crippen LogP contribution in [0.4, 0.5) is 10.5 Å². The molecule has 5 heteroatoms. The maximum atomic E-state index is 12.2. The predicted molar refractivity (Wildman–Crippen MR) is 69.7 cm³/mol. The zero-order chi connectivity index (χ0) is 12.3. The monoisotopic (exact) mass is 253 g/mol. The second-order valence-electron chi connectivity index (χ2n) is 4.06. The van der Waals surface area contributed by atoms with Gasteiger partial charge in [0, 0.05) is 43.9 Å². The predicted octanol–water partition coefficient (Wildman–Crippen LogP) is 1.80. The van der Waals surface area contributed by atoms with Crippen molar-refractivity contribution in [2.24, 2.45) is 0 Å². The smallest absolute Gasteiger partial charge is 0.322 e. The summed E-state index contributed by atoms with van der Waals surface area (Å²) in [6, 6.07) is 7.32. The minimum atomic E-state index is 0.0359. The number of halogens is 1. The first-order valence-electron chi connectivity index (χ1n) is 5.67. The lowest BCUT2D eigenvalue weighted by atomic mass is 10.3. The molecule has 0 spiro atoms. The number of hydrogen-bond donors (Lipinski definition) is 1. The summed E-state index contributed by atoms with van der Waals surface area (Å²) in [5, 5.41) is 3.90. The van der Waals surface area contributed by atoms with Gasteiger partial charge in [0.15, 0.2) is 0 Å². The molecule has 17 heavy (non-hydrogen) atoms. The number of urea groups is 1. The van der Waals surface area contributed by atoms with Crippen LogP contribution in [0.2, 0.25) is 5.02 Å². The highest BCUT2D eigenvalue weighted by Crippen LogP contribution is 2.18. The second kappa shape index (κ2) is 5.38. The molecule has 0 atom stereocenters. The number of carbonyl (C=O) groups excluding carboxylic acids is 1. The van der Waals surface area contributed by atoms with E-state index in [2.05, 4.69) is 5.32 Å². The van der Waals surface area contributed by atoms with Crippen LogP contribution < -0.4 is 10.2 Å². The van der Waals surface area contributed by atoms with Gasteiger partial charge in [-0.25, -0.2) is 4.79 Å². The topological polar surface area (TPSA) is 35.6 Å². The fourth-order valence-corrected chi connectivity index (χ4v) is 1.97. The molecule has 0 unspecified atom stereocenters. The molecule has 1 aliphatic rings. The van der Waals surface area contributed by atoms with Crippen molar-refractivity contribution in [1.82, 2.24) is 10.2 Å². The highest BCUT2D eigenvalue weighted by atomic mass is 35.5. The van der Waals surface area contributed by atoms with Crippen LogP contribution in [0.5, 0.6) is 0 Å². The Hall–Kier alpha value is -1.26. The van der Waals surface area contributed by atoms with E-state index in [-0.39, 0.29) is 6.03 Å². The molecule has 1 fully saturated rings. The van der Waals surface area contributed by atoms with Gasteiger partial charge in [0.05, 0.1) is 0 Å². The van der Waals surface area contributed by atoms with Crippen molar-refractivity contribution < 1.29 is 4.79 Å². The summed E-state index contributed by atoms with van der Waals surface area (Å²) in [4.78, 5) is 15.7. The standard InChI is InChI=1S/C12H16ClN3O/c1-15(11-4-2-10(13)3-5-11)12(17)16-8-6-14-7-9-16/h2-5,14H,6-9H2,1H3. The van der Waals surface area contributed by atoms with Gasteiger partial charge in [-0.15, -0.1) is 0 Å². The van der Waals surface area contributed by atoms with Gasteiger partial charge < -0.3 is 10.2 Å². The maximum absolute atomic E-state index is 12.2. The minimum Gasteiger partial charge on any atom is -0.322 e. The molecule has 2 rings (SSSR count). The zero-order valence-corrected chi connectivity index (χ0v) is 10.6. The van der Waals surface area contributed by atoms with E-state index in [1.54, 1.807) is 24.1 Å². The van der Waals surface area contributed by atoms with Gasteiger partial charge in [-0.1, -0.05) is 11.6 Å². The second-order valence-corrected chi connectivity index (χ2v) is 4.49. The summed E-state index contributed by atoms with van der Waals surface area (Å²) in [5.74, 6) is 0. The van der Waals surface area contributed by atoms with Crippen LogP contribution >= 0.6 is 11.6 Å². The first-order chi connectivity index (χ1) is 8.18. The van der Waals surface area contributed by atoms with E-state index in [0.717, 1.165) is 31.9 Å². The lowest BCUT2D eigenvalue weighted by Gasteiger charge is -2.31. The van der Waals surface area contributed by atoms with Crippen molar-refractivity contribution >= 4 is 23.3 Å². The number of nitrogens with one attached hydrogen (secondary N) is 1. The molecule has 0 aromatic heterocycles. The first-order valence-corrected chi connectivity index (χ1v) is 6.05. The Morgan fingerprint density at radius 2 is 1.88 bits per heavy atom. The highest BCUT2D eigenvalue weighted by molar-refractivity contribution is 6.30. The van der Waals surface area contributed by atoms with Crippen molar-refractivity contribution in [2.75, 3.05) is 38.1 Å². The Morgan fingerprint density at radius 1 is 1.29 bits per heavy atom. The molecule has 4 nitrogen and oxygen atoms in total. The summed E-state index contributed by atoms with van der Waals surface area (Å²) in [5.41, 5.74) is 0.859. The fraction of sp³-hybridized carbons (Fsp3) is 0.417. The average Bonchev–Trinajstić information content (AvgIpc) is 2.39. The third kappa shape index (κ3) is 2.90. The molecule has 1 aromatic carbocycles. The summed E-state index contributed by atoms with van der Waals surface area (Å²) in [6.07, 6.45) is 0. The molecule has 0 saturated carbocycles. The lowest BCUT2D eigenvalue weighted by molar-refractivity contribution is 0.198. The summed E-state index contributed by atoms with van der Waals surface area (Å²) in [7, 11) is 1.79. The van der Waals surface area contributed by atoms with Crippen LogP contribution in [0.25, 0.3) is 0 Å². The van der Waals surface area contributed by atoms with E-state index in [0.29, 0.717) is 5.02 Å². The van der Waals surface area contributed by atoms with E-state index >= 15 is 0 Å². The van der Waals surface area contributed by atoms with Gasteiger partial charge in [-0.05, 0) is 24.3 Å². The molecule has 1 saturated heterocycles. The van der Waals surface area contributed by atoms with Gasteiger partial charge >= 0.3 is 6.03 Å². The van der Waals surface area contributed by atoms with E-state index in [4.69, 9.17) is 11.6 Å². The summed E-state index contributed by atoms with van der Waals surface area (Å²) >= 11 is 5.82. The molecular formula is C12H16ClN3O. The number of piperazine rings is 1. The SMILES string of the molecule is CN(C(=O)N1CCNCC1)c1ccc(Cl)cc1. The number of nitrogens with zero attached hydrogens (tertiary/aromatic N) is 2. The number of amides is 2. The molecule has 1 aromatic rings. The Balaban J connectivity index is 2.05. The van der Waals surface area contributed by atoms with Crippen molar-refractivity contribution in [2.45, 2.75) is 0 Å². The Kier molecular flexibility index (Phi) is 3.86. The molecular weight excluding hydrogens is 238 g/mol. The normalized spacial score (nSPS) is 15.8. The third-order valence-electron chi connectivity index (χ3n) is 2.89. The van der Waals surface area contributed by atoms with E-state index in [1.807, 2.05) is 17.0 Å². The number of carbonyl (C=O) groups is 1. The van der Waals surface area contributed by atoms with Crippen LogP contribution in [-0.2, 0) is 0 Å². The third-order valence-corrected chi connectivity index (χ3v) is 3.14. The Morgan fingerprint density at radius 3 is 2.47 bits per heavy atom. The van der Waals surface area contributed by atoms with Crippen LogP contribution in [0.3, 0.4) is 0 Å². The van der Waals surface area contributed by atoms with E-state index in [9.17, 15) is 4.79 Å². The largest absolute Gasteiger partial charge is 0.324 e. The van der Waals surface area contributed by atoms with Crippen LogP contribution in [0, 0.1) is 0 Å². The minimum absolute atomic E-state index is 0.0359. The number of rotatable bonds is 1.